The predicted octanol–water partition coefficient (Wildman–Crippen LogP) is 5.06. The summed E-state index contributed by atoms with van der Waals surface area (Å²) in [4.78, 5) is 32.1. The third-order valence-electron chi connectivity index (χ3n) is 4.90. The summed E-state index contributed by atoms with van der Waals surface area (Å²) in [5.41, 5.74) is -0.136. The van der Waals surface area contributed by atoms with Crippen molar-refractivity contribution in [2.75, 3.05) is 18.9 Å². The summed E-state index contributed by atoms with van der Waals surface area (Å²) in [5.74, 6) is -0.443. The Morgan fingerprint density at radius 3 is 2.55 bits per heavy atom. The summed E-state index contributed by atoms with van der Waals surface area (Å²) in [6.45, 7) is 0.670. The van der Waals surface area contributed by atoms with Crippen molar-refractivity contribution in [2.24, 2.45) is 0 Å². The Morgan fingerprint density at radius 1 is 1.26 bits per heavy atom. The molecule has 0 spiro atoms. The number of likely N-dealkylation sites (N-methyl/N-ethyl adjacent to an activating group) is 1. The van der Waals surface area contributed by atoms with Gasteiger partial charge in [-0.3, -0.25) is 10.1 Å². The molecule has 166 valence electrons. The average Bonchev–Trinajstić information content (AvgIpc) is 3.19. The number of aromatic nitrogens is 1. The van der Waals surface area contributed by atoms with Gasteiger partial charge in [0, 0.05) is 31.4 Å². The molecule has 2 heterocycles. The number of hydrogen-bond donors (Lipinski definition) is 1. The van der Waals surface area contributed by atoms with Gasteiger partial charge in [-0.2, -0.15) is 13.2 Å². The van der Waals surface area contributed by atoms with E-state index in [0.29, 0.717) is 43.2 Å². The van der Waals surface area contributed by atoms with Crippen LogP contribution in [0.2, 0.25) is 10.0 Å². The maximum atomic E-state index is 12.9. The first-order chi connectivity index (χ1) is 14.6. The normalized spacial score (nSPS) is 16.3. The molecule has 1 saturated heterocycles. The van der Waals surface area contributed by atoms with Crippen LogP contribution in [0.25, 0.3) is 0 Å². The van der Waals surface area contributed by atoms with Gasteiger partial charge in [-0.1, -0.05) is 35.3 Å². The highest BCUT2D eigenvalue weighted by atomic mass is 35.5. The molecule has 1 aliphatic rings. The Morgan fingerprint density at radius 2 is 1.94 bits per heavy atom. The van der Waals surface area contributed by atoms with Crippen LogP contribution in [0.15, 0.2) is 36.5 Å². The molecule has 1 fully saturated rings. The minimum atomic E-state index is -4.60. The minimum absolute atomic E-state index is 0.202. The number of nitrogens with one attached hydrogen (secondary N) is 1. The fourth-order valence-electron chi connectivity index (χ4n) is 3.32. The Hall–Kier alpha value is -2.52. The van der Waals surface area contributed by atoms with Crippen LogP contribution in [0, 0.1) is 0 Å². The molecule has 1 aromatic heterocycles. The van der Waals surface area contributed by atoms with E-state index < -0.39 is 23.8 Å². The van der Waals surface area contributed by atoms with Gasteiger partial charge in [0.15, 0.2) is 5.82 Å². The maximum absolute atomic E-state index is 12.9. The van der Waals surface area contributed by atoms with Crippen molar-refractivity contribution in [2.45, 2.75) is 31.6 Å². The number of hydrogen-bond acceptors (Lipinski definition) is 3. The van der Waals surface area contributed by atoms with E-state index in [1.165, 1.54) is 9.80 Å². The molecule has 6 nitrogen and oxygen atoms in total. The van der Waals surface area contributed by atoms with Crippen molar-refractivity contribution < 1.29 is 22.8 Å². The molecular formula is C20H19Cl2F3N4O2. The molecular weight excluding hydrogens is 456 g/mol. The summed E-state index contributed by atoms with van der Waals surface area (Å²) in [6, 6.07) is 6.43. The summed E-state index contributed by atoms with van der Waals surface area (Å²) in [5, 5.41) is 2.65. The van der Waals surface area contributed by atoms with E-state index in [1.807, 2.05) is 12.1 Å². The van der Waals surface area contributed by atoms with Crippen molar-refractivity contribution >= 4 is 41.0 Å². The van der Waals surface area contributed by atoms with Gasteiger partial charge < -0.3 is 9.80 Å². The van der Waals surface area contributed by atoms with E-state index in [0.717, 1.165) is 5.56 Å². The van der Waals surface area contributed by atoms with Crippen LogP contribution in [0.1, 0.15) is 24.0 Å². The first-order valence-electron chi connectivity index (χ1n) is 9.36. The second-order valence-corrected chi connectivity index (χ2v) is 8.00. The number of halogens is 5. The molecule has 1 aromatic carbocycles. The number of alkyl halides is 3. The number of benzene rings is 1. The fourth-order valence-corrected chi connectivity index (χ4v) is 3.66. The molecule has 1 N–H and O–H groups in total. The number of rotatable bonds is 4. The molecule has 0 bridgehead atoms. The van der Waals surface area contributed by atoms with E-state index in [4.69, 9.17) is 23.2 Å². The number of pyridine rings is 1. The maximum Gasteiger partial charge on any atom is 0.417 e. The zero-order valence-electron chi connectivity index (χ0n) is 16.4. The van der Waals surface area contributed by atoms with Crippen molar-refractivity contribution in [3.8, 4) is 0 Å². The van der Waals surface area contributed by atoms with Crippen molar-refractivity contribution in [1.82, 2.24) is 14.8 Å². The second-order valence-electron chi connectivity index (χ2n) is 7.15. The predicted molar refractivity (Wildman–Crippen MR) is 111 cm³/mol. The molecule has 11 heteroatoms. The molecule has 1 aliphatic heterocycles. The Labute approximate surface area is 186 Å². The molecule has 0 aliphatic carbocycles. The number of carbonyl (C=O) groups is 2. The number of likely N-dealkylation sites (tertiary alicyclic amines) is 1. The third-order valence-corrected chi connectivity index (χ3v) is 5.44. The highest BCUT2D eigenvalue weighted by Crippen LogP contribution is 2.32. The zero-order chi connectivity index (χ0) is 22.8. The molecule has 2 aromatic rings. The lowest BCUT2D eigenvalue weighted by Crippen LogP contribution is -2.47. The van der Waals surface area contributed by atoms with E-state index in [-0.39, 0.29) is 16.7 Å². The van der Waals surface area contributed by atoms with Crippen LogP contribution < -0.4 is 5.32 Å². The number of anilines is 1. The van der Waals surface area contributed by atoms with Gasteiger partial charge in [0.1, 0.15) is 6.04 Å². The van der Waals surface area contributed by atoms with Crippen LogP contribution in [-0.2, 0) is 17.5 Å². The summed E-state index contributed by atoms with van der Waals surface area (Å²) in [7, 11) is 1.64. The number of amides is 3. The van der Waals surface area contributed by atoms with Crippen LogP contribution in [0.5, 0.6) is 0 Å². The molecule has 1 atom stereocenters. The number of urea groups is 1. The van der Waals surface area contributed by atoms with E-state index >= 15 is 0 Å². The second kappa shape index (κ2) is 9.32. The van der Waals surface area contributed by atoms with Crippen LogP contribution in [0.4, 0.5) is 23.8 Å². The van der Waals surface area contributed by atoms with Gasteiger partial charge in [-0.05, 0) is 36.6 Å². The smallest absolute Gasteiger partial charge is 0.340 e. The summed E-state index contributed by atoms with van der Waals surface area (Å²) >= 11 is 11.7. The topological polar surface area (TPSA) is 65.5 Å². The minimum Gasteiger partial charge on any atom is -0.340 e. The molecule has 3 amide bonds. The van der Waals surface area contributed by atoms with Gasteiger partial charge in [0.25, 0.3) is 0 Å². The zero-order valence-corrected chi connectivity index (χ0v) is 17.9. The quantitative estimate of drug-likeness (QED) is 0.673. The first-order valence-corrected chi connectivity index (χ1v) is 10.1. The largest absolute Gasteiger partial charge is 0.417 e. The molecule has 0 unspecified atom stereocenters. The van der Waals surface area contributed by atoms with Gasteiger partial charge in [0.05, 0.1) is 10.6 Å². The molecule has 3 rings (SSSR count). The lowest BCUT2D eigenvalue weighted by atomic mass is 10.1. The fraction of sp³-hybridized carbons (Fsp3) is 0.350. The van der Waals surface area contributed by atoms with Gasteiger partial charge >= 0.3 is 12.2 Å². The van der Waals surface area contributed by atoms with Crippen LogP contribution >= 0.6 is 23.2 Å². The molecule has 0 radical (unpaired) electrons. The van der Waals surface area contributed by atoms with Crippen molar-refractivity contribution in [1.29, 1.82) is 0 Å². The average molecular weight is 475 g/mol. The lowest BCUT2D eigenvalue weighted by Gasteiger charge is -2.28. The highest BCUT2D eigenvalue weighted by molar-refractivity contribution is 6.33. The van der Waals surface area contributed by atoms with Crippen molar-refractivity contribution in [3.63, 3.8) is 0 Å². The summed E-state index contributed by atoms with van der Waals surface area (Å²) in [6.07, 6.45) is -2.91. The molecule has 0 saturated carbocycles. The van der Waals surface area contributed by atoms with Gasteiger partial charge in [0.2, 0.25) is 5.91 Å². The Bertz CT molecular complexity index is 970. The SMILES string of the molecule is CN(Cc1ccc(Cl)cc1)C(=O)[C@H]1CCCN1C(=O)Nc1ncc(C(F)(F)F)cc1Cl. The third kappa shape index (κ3) is 5.59. The van der Waals surface area contributed by atoms with Gasteiger partial charge in [-0.15, -0.1) is 0 Å². The molecule has 31 heavy (non-hydrogen) atoms. The Kier molecular flexibility index (Phi) is 6.96. The summed E-state index contributed by atoms with van der Waals surface area (Å²) < 4.78 is 38.3. The van der Waals surface area contributed by atoms with Crippen LogP contribution in [-0.4, -0.2) is 46.4 Å². The lowest BCUT2D eigenvalue weighted by molar-refractivity contribution is -0.138. The van der Waals surface area contributed by atoms with Crippen molar-refractivity contribution in [3.05, 3.63) is 57.7 Å². The number of carbonyl (C=O) groups excluding carboxylic acids is 2. The first kappa shape index (κ1) is 23.1. The Balaban J connectivity index is 1.67. The van der Waals surface area contributed by atoms with Crippen LogP contribution in [0.3, 0.4) is 0 Å². The van der Waals surface area contributed by atoms with E-state index in [1.54, 1.807) is 19.2 Å². The van der Waals surface area contributed by atoms with E-state index in [2.05, 4.69) is 10.3 Å². The monoisotopic (exact) mass is 474 g/mol. The standard InChI is InChI=1S/C20H19Cl2F3N4O2/c1-28(11-12-4-6-14(21)7-5-12)18(30)16-3-2-8-29(16)19(31)27-17-15(22)9-13(10-26-17)20(23,24)25/h4-7,9-10,16H,2-3,8,11H2,1H3,(H,26,27,31)/t16-/m1/s1. The number of nitrogens with zero attached hydrogens (tertiary/aromatic N) is 3. The van der Waals surface area contributed by atoms with Gasteiger partial charge in [-0.25, -0.2) is 9.78 Å². The van der Waals surface area contributed by atoms with E-state index in [9.17, 15) is 22.8 Å². The highest BCUT2D eigenvalue weighted by Gasteiger charge is 2.36.